The van der Waals surface area contributed by atoms with E-state index in [1.807, 2.05) is 41.8 Å². The summed E-state index contributed by atoms with van der Waals surface area (Å²) < 4.78 is 5.00. The van der Waals surface area contributed by atoms with Gasteiger partial charge in [0.25, 0.3) is 0 Å². The van der Waals surface area contributed by atoms with Gasteiger partial charge < -0.3 is 15.4 Å². The van der Waals surface area contributed by atoms with Gasteiger partial charge >= 0.3 is 0 Å². The lowest BCUT2D eigenvalue weighted by Gasteiger charge is -2.08. The van der Waals surface area contributed by atoms with Crippen molar-refractivity contribution in [2.75, 3.05) is 30.9 Å². The van der Waals surface area contributed by atoms with Gasteiger partial charge in [-0.25, -0.2) is 0 Å². The van der Waals surface area contributed by atoms with Gasteiger partial charge in [-0.3, -0.25) is 4.79 Å². The van der Waals surface area contributed by atoms with Gasteiger partial charge in [0.1, 0.15) is 0 Å². The zero-order chi connectivity index (χ0) is 14.9. The van der Waals surface area contributed by atoms with Crippen molar-refractivity contribution in [1.29, 1.82) is 0 Å². The highest BCUT2D eigenvalue weighted by Crippen LogP contribution is 2.15. The molecule has 0 saturated heterocycles. The van der Waals surface area contributed by atoms with E-state index >= 15 is 0 Å². The average molecular weight is 304 g/mol. The minimum atomic E-state index is 0.0123. The second kappa shape index (κ2) is 8.44. The number of carbonyl (C=O) groups is 1. The zero-order valence-corrected chi connectivity index (χ0v) is 12.9. The molecule has 0 spiro atoms. The molecule has 2 N–H and O–H groups in total. The number of hydrogen-bond acceptors (Lipinski definition) is 4. The van der Waals surface area contributed by atoms with E-state index in [0.29, 0.717) is 6.42 Å². The Kier molecular flexibility index (Phi) is 6.24. The van der Waals surface area contributed by atoms with Crippen molar-refractivity contribution in [3.8, 4) is 0 Å². The van der Waals surface area contributed by atoms with Gasteiger partial charge in [0, 0.05) is 36.5 Å². The van der Waals surface area contributed by atoms with Crippen molar-refractivity contribution in [3.05, 3.63) is 46.7 Å². The minimum absolute atomic E-state index is 0.0123. The second-order valence-electron chi connectivity index (χ2n) is 4.65. The van der Waals surface area contributed by atoms with E-state index in [2.05, 4.69) is 10.6 Å². The van der Waals surface area contributed by atoms with Gasteiger partial charge in [0.2, 0.25) is 5.91 Å². The minimum Gasteiger partial charge on any atom is -0.385 e. The lowest BCUT2D eigenvalue weighted by Crippen LogP contribution is -2.13. The molecule has 5 heteroatoms. The topological polar surface area (TPSA) is 50.4 Å². The normalized spacial score (nSPS) is 10.3. The molecule has 0 bridgehead atoms. The maximum absolute atomic E-state index is 11.9. The summed E-state index contributed by atoms with van der Waals surface area (Å²) in [4.78, 5) is 12.9. The largest absolute Gasteiger partial charge is 0.385 e. The summed E-state index contributed by atoms with van der Waals surface area (Å²) in [6, 6.07) is 11.7. The number of benzene rings is 1. The fraction of sp³-hybridized carbons (Fsp3) is 0.312. The van der Waals surface area contributed by atoms with E-state index in [4.69, 9.17) is 4.74 Å². The van der Waals surface area contributed by atoms with E-state index < -0.39 is 0 Å². The molecule has 2 aromatic rings. The van der Waals surface area contributed by atoms with E-state index in [-0.39, 0.29) is 5.91 Å². The van der Waals surface area contributed by atoms with Gasteiger partial charge in [0.15, 0.2) is 0 Å². The summed E-state index contributed by atoms with van der Waals surface area (Å²) in [5, 5.41) is 8.19. The van der Waals surface area contributed by atoms with Crippen LogP contribution in [0.4, 0.5) is 11.4 Å². The zero-order valence-electron chi connectivity index (χ0n) is 12.1. The third-order valence-corrected chi connectivity index (χ3v) is 3.81. The molecule has 0 aliphatic heterocycles. The molecular formula is C16H20N2O2S. The first kappa shape index (κ1) is 15.5. The summed E-state index contributed by atoms with van der Waals surface area (Å²) in [5.41, 5.74) is 1.86. The molecule has 0 atom stereocenters. The molecule has 4 nitrogen and oxygen atoms in total. The van der Waals surface area contributed by atoms with Crippen LogP contribution in [0.1, 0.15) is 11.3 Å². The SMILES string of the molecule is COCCCNc1ccc(NC(=O)Cc2cccs2)cc1. The quantitative estimate of drug-likeness (QED) is 0.735. The van der Waals surface area contributed by atoms with Crippen LogP contribution in [0.3, 0.4) is 0 Å². The smallest absolute Gasteiger partial charge is 0.229 e. The number of amides is 1. The van der Waals surface area contributed by atoms with Crippen molar-refractivity contribution in [3.63, 3.8) is 0 Å². The number of carbonyl (C=O) groups excluding carboxylic acids is 1. The van der Waals surface area contributed by atoms with E-state index in [9.17, 15) is 4.79 Å². The Bertz CT molecular complexity index is 538. The van der Waals surface area contributed by atoms with Crippen molar-refractivity contribution >= 4 is 28.6 Å². The van der Waals surface area contributed by atoms with Gasteiger partial charge in [-0.05, 0) is 42.1 Å². The van der Waals surface area contributed by atoms with Crippen molar-refractivity contribution in [2.24, 2.45) is 0 Å². The second-order valence-corrected chi connectivity index (χ2v) is 5.69. The van der Waals surface area contributed by atoms with Crippen LogP contribution < -0.4 is 10.6 Å². The number of rotatable bonds is 8. The highest BCUT2D eigenvalue weighted by Gasteiger charge is 2.04. The first-order valence-corrected chi connectivity index (χ1v) is 7.81. The van der Waals surface area contributed by atoms with Crippen molar-refractivity contribution in [1.82, 2.24) is 0 Å². The maximum atomic E-state index is 11.9. The summed E-state index contributed by atoms with van der Waals surface area (Å²) in [5.74, 6) is 0.0123. The number of anilines is 2. The van der Waals surface area contributed by atoms with Gasteiger partial charge in [-0.15, -0.1) is 11.3 Å². The lowest BCUT2D eigenvalue weighted by atomic mass is 10.2. The molecule has 1 aromatic carbocycles. The Morgan fingerprint density at radius 3 is 2.62 bits per heavy atom. The standard InChI is InChI=1S/C16H20N2O2S/c1-20-10-3-9-17-13-5-7-14(8-6-13)18-16(19)12-15-4-2-11-21-15/h2,4-8,11,17H,3,9-10,12H2,1H3,(H,18,19). The highest BCUT2D eigenvalue weighted by atomic mass is 32.1. The summed E-state index contributed by atoms with van der Waals surface area (Å²) in [6.45, 7) is 1.63. The molecule has 1 heterocycles. The van der Waals surface area contributed by atoms with Crippen LogP contribution in [0.25, 0.3) is 0 Å². The average Bonchev–Trinajstić information content (AvgIpc) is 2.98. The monoisotopic (exact) mass is 304 g/mol. The van der Waals surface area contributed by atoms with Gasteiger partial charge in [-0.2, -0.15) is 0 Å². The molecule has 1 amide bonds. The fourth-order valence-corrected chi connectivity index (χ4v) is 2.60. The summed E-state index contributed by atoms with van der Waals surface area (Å²) >= 11 is 1.60. The highest BCUT2D eigenvalue weighted by molar-refractivity contribution is 7.10. The lowest BCUT2D eigenvalue weighted by molar-refractivity contribution is -0.115. The molecule has 0 aliphatic carbocycles. The number of methoxy groups -OCH3 is 1. The first-order chi connectivity index (χ1) is 10.3. The molecule has 2 rings (SSSR count). The molecule has 0 unspecified atom stereocenters. The Morgan fingerprint density at radius 2 is 1.95 bits per heavy atom. The Morgan fingerprint density at radius 1 is 1.19 bits per heavy atom. The Balaban J connectivity index is 1.77. The van der Waals surface area contributed by atoms with Crippen LogP contribution >= 0.6 is 11.3 Å². The van der Waals surface area contributed by atoms with Gasteiger partial charge in [-0.1, -0.05) is 6.07 Å². The molecular weight excluding hydrogens is 284 g/mol. The predicted molar refractivity (Wildman–Crippen MR) is 88.1 cm³/mol. The number of hydrogen-bond donors (Lipinski definition) is 2. The van der Waals surface area contributed by atoms with Crippen molar-refractivity contribution < 1.29 is 9.53 Å². The third-order valence-electron chi connectivity index (χ3n) is 2.94. The number of nitrogens with one attached hydrogen (secondary N) is 2. The Hall–Kier alpha value is -1.85. The van der Waals surface area contributed by atoms with Crippen LogP contribution in [0.5, 0.6) is 0 Å². The summed E-state index contributed by atoms with van der Waals surface area (Å²) in [6.07, 6.45) is 1.39. The van der Waals surface area contributed by atoms with Crippen LogP contribution in [-0.2, 0) is 16.0 Å². The van der Waals surface area contributed by atoms with Gasteiger partial charge in [0.05, 0.1) is 6.42 Å². The molecule has 0 saturated carbocycles. The Labute approximate surface area is 129 Å². The van der Waals surface area contributed by atoms with E-state index in [1.54, 1.807) is 18.4 Å². The van der Waals surface area contributed by atoms with Crippen LogP contribution in [0, 0.1) is 0 Å². The van der Waals surface area contributed by atoms with Crippen LogP contribution in [0.15, 0.2) is 41.8 Å². The van der Waals surface area contributed by atoms with E-state index in [0.717, 1.165) is 35.8 Å². The third kappa shape index (κ3) is 5.57. The fourth-order valence-electron chi connectivity index (χ4n) is 1.90. The molecule has 112 valence electrons. The first-order valence-electron chi connectivity index (χ1n) is 6.93. The molecule has 0 radical (unpaired) electrons. The van der Waals surface area contributed by atoms with Crippen LogP contribution in [0.2, 0.25) is 0 Å². The van der Waals surface area contributed by atoms with Crippen LogP contribution in [-0.4, -0.2) is 26.2 Å². The maximum Gasteiger partial charge on any atom is 0.229 e. The molecule has 1 aromatic heterocycles. The molecule has 0 fully saturated rings. The molecule has 0 aliphatic rings. The molecule has 21 heavy (non-hydrogen) atoms. The van der Waals surface area contributed by atoms with Crippen molar-refractivity contribution in [2.45, 2.75) is 12.8 Å². The predicted octanol–water partition coefficient (Wildman–Crippen LogP) is 3.38. The number of thiophene rings is 1. The van der Waals surface area contributed by atoms with E-state index in [1.165, 1.54) is 0 Å². The number of ether oxygens (including phenoxy) is 1. The summed E-state index contributed by atoms with van der Waals surface area (Å²) in [7, 11) is 1.70.